The van der Waals surface area contributed by atoms with Gasteiger partial charge in [-0.05, 0) is 112 Å². The van der Waals surface area contributed by atoms with Crippen LogP contribution >= 0.6 is 0 Å². The van der Waals surface area contributed by atoms with Gasteiger partial charge >= 0.3 is 5.97 Å². The number of allylic oxidation sites excluding steroid dienone is 4. The summed E-state index contributed by atoms with van der Waals surface area (Å²) in [5, 5.41) is 23.3. The molecule has 51 heavy (non-hydrogen) atoms. The molecule has 0 aromatic carbocycles. The number of aliphatic hydroxyl groups excluding tert-OH is 1. The smallest absolute Gasteiger partial charge is 0.306 e. The predicted molar refractivity (Wildman–Crippen MR) is 210 cm³/mol. The second kappa shape index (κ2) is 19.2. The van der Waals surface area contributed by atoms with E-state index in [1.54, 1.807) is 0 Å². The molecule has 0 unspecified atom stereocenters. The monoisotopic (exact) mass is 711 g/mol. The van der Waals surface area contributed by atoms with Gasteiger partial charge in [-0.3, -0.25) is 9.59 Å². The lowest BCUT2D eigenvalue weighted by Crippen LogP contribution is -2.72. The van der Waals surface area contributed by atoms with E-state index in [4.69, 9.17) is 4.74 Å². The summed E-state index contributed by atoms with van der Waals surface area (Å²) in [4.78, 5) is 28.1. The standard InChI is InChI=1S/C46H78O5/c1-8-9-10-11-12-13-14-15-16-17-18-19-20-21-22-23-40(48)51-43-42(49)41-38-27-26-37(35(5)25-24-34(4)33(2)3)44(38,6)30-29-39(41)45(7)31-28-36(47)32-46(43,45)50/h15-16,24-25,33-39,41,43,47,50H,8-14,17-23,26-32H2,1-7H3/b16-15-,25-24+/t34-,35+,36-,37+,38-,39-,41-,43+,44+,45+,46-/m0/s1. The third-order valence-electron chi connectivity index (χ3n) is 15.0. The summed E-state index contributed by atoms with van der Waals surface area (Å²) in [5.41, 5.74) is -2.06. The number of carbonyl (C=O) groups excluding carboxylic acids is 2. The molecule has 4 rings (SSSR count). The van der Waals surface area contributed by atoms with Crippen molar-refractivity contribution in [3.05, 3.63) is 24.3 Å². The second-order valence-corrected chi connectivity index (χ2v) is 18.7. The number of esters is 1. The number of Topliss-reactive ketones (excluding diaryl/α,β-unsaturated/α-hetero) is 1. The first-order valence-electron chi connectivity index (χ1n) is 21.8. The van der Waals surface area contributed by atoms with Gasteiger partial charge in [0.05, 0.1) is 6.10 Å². The number of carbonyl (C=O) groups is 2. The number of ketones is 1. The molecule has 0 saturated heterocycles. The SMILES string of the molecule is CCCCCCCC/C=C\CCCCCCCC(=O)O[C@@H]1C(=O)[C@H]2[C@@H]3CC[C@H]([C@H](C)/C=C/[C@H](C)C(C)C)[C@@]3(C)CC[C@@H]2[C@@]2(C)CC[C@H](O)C[C@]12O. The Morgan fingerprint density at radius 3 is 2.10 bits per heavy atom. The molecular formula is C46H78O5. The molecular weight excluding hydrogens is 633 g/mol. The first-order valence-corrected chi connectivity index (χ1v) is 21.8. The molecule has 0 spiro atoms. The summed E-state index contributed by atoms with van der Waals surface area (Å²) in [5.74, 6) is 1.72. The maximum absolute atomic E-state index is 14.7. The Labute approximate surface area is 313 Å². The number of hydrogen-bond donors (Lipinski definition) is 2. The van der Waals surface area contributed by atoms with E-state index < -0.39 is 23.2 Å². The maximum atomic E-state index is 14.7. The van der Waals surface area contributed by atoms with E-state index in [0.717, 1.165) is 57.8 Å². The quantitative estimate of drug-likeness (QED) is 0.0746. The molecule has 4 fully saturated rings. The van der Waals surface area contributed by atoms with Crippen LogP contribution in [0.25, 0.3) is 0 Å². The first-order chi connectivity index (χ1) is 24.3. The highest BCUT2D eigenvalue weighted by atomic mass is 16.6. The van der Waals surface area contributed by atoms with Crippen LogP contribution in [0.2, 0.25) is 0 Å². The first kappa shape index (κ1) is 42.3. The van der Waals surface area contributed by atoms with Gasteiger partial charge in [-0.15, -0.1) is 0 Å². The summed E-state index contributed by atoms with van der Waals surface area (Å²) >= 11 is 0. The second-order valence-electron chi connectivity index (χ2n) is 18.7. The fourth-order valence-electron chi connectivity index (χ4n) is 11.2. The Hall–Kier alpha value is -1.46. The summed E-state index contributed by atoms with van der Waals surface area (Å²) in [6.45, 7) is 16.0. The van der Waals surface area contributed by atoms with Crippen molar-refractivity contribution in [3.63, 3.8) is 0 Å². The third kappa shape index (κ3) is 9.81. The van der Waals surface area contributed by atoms with Gasteiger partial charge < -0.3 is 14.9 Å². The van der Waals surface area contributed by atoms with Gasteiger partial charge in [0.15, 0.2) is 11.9 Å². The van der Waals surface area contributed by atoms with E-state index in [2.05, 4.69) is 72.8 Å². The molecule has 0 aromatic rings. The Kier molecular flexibility index (Phi) is 15.9. The van der Waals surface area contributed by atoms with Crippen molar-refractivity contribution in [2.24, 2.45) is 52.3 Å². The number of hydrogen-bond acceptors (Lipinski definition) is 5. The minimum Gasteiger partial charge on any atom is -0.451 e. The zero-order valence-corrected chi connectivity index (χ0v) is 34.0. The van der Waals surface area contributed by atoms with E-state index in [0.29, 0.717) is 36.5 Å². The van der Waals surface area contributed by atoms with E-state index in [-0.39, 0.29) is 47.8 Å². The molecule has 4 aliphatic carbocycles. The maximum Gasteiger partial charge on any atom is 0.306 e. The van der Waals surface area contributed by atoms with Crippen LogP contribution in [0.3, 0.4) is 0 Å². The summed E-state index contributed by atoms with van der Waals surface area (Å²) < 4.78 is 6.13. The lowest BCUT2D eigenvalue weighted by molar-refractivity contribution is -0.256. The number of ether oxygens (including phenoxy) is 1. The lowest BCUT2D eigenvalue weighted by Gasteiger charge is -2.64. The largest absolute Gasteiger partial charge is 0.451 e. The fraction of sp³-hybridized carbons (Fsp3) is 0.870. The molecule has 0 heterocycles. The molecule has 0 aromatic heterocycles. The zero-order valence-electron chi connectivity index (χ0n) is 34.0. The lowest BCUT2D eigenvalue weighted by atomic mass is 9.42. The normalized spacial score (nSPS) is 36.3. The van der Waals surface area contributed by atoms with Crippen LogP contribution in [-0.2, 0) is 14.3 Å². The van der Waals surface area contributed by atoms with Crippen LogP contribution in [0, 0.1) is 52.3 Å². The van der Waals surface area contributed by atoms with Crippen molar-refractivity contribution in [2.45, 2.75) is 201 Å². The minimum absolute atomic E-state index is 0.0416. The number of unbranched alkanes of at least 4 members (excludes halogenated alkanes) is 11. The van der Waals surface area contributed by atoms with Gasteiger partial charge in [-0.2, -0.15) is 0 Å². The minimum atomic E-state index is -1.53. The van der Waals surface area contributed by atoms with Crippen molar-refractivity contribution in [1.82, 2.24) is 0 Å². The molecule has 5 heteroatoms. The van der Waals surface area contributed by atoms with Crippen molar-refractivity contribution < 1.29 is 24.5 Å². The predicted octanol–water partition coefficient (Wildman–Crippen LogP) is 11.3. The van der Waals surface area contributed by atoms with Crippen LogP contribution in [0.1, 0.15) is 183 Å². The van der Waals surface area contributed by atoms with Crippen LogP contribution in [0.4, 0.5) is 0 Å². The van der Waals surface area contributed by atoms with E-state index in [9.17, 15) is 19.8 Å². The van der Waals surface area contributed by atoms with Crippen molar-refractivity contribution >= 4 is 11.8 Å². The molecule has 0 radical (unpaired) electrons. The molecule has 4 aliphatic rings. The average molecular weight is 711 g/mol. The molecule has 11 atom stereocenters. The molecule has 2 N–H and O–H groups in total. The van der Waals surface area contributed by atoms with Crippen LogP contribution in [0.5, 0.6) is 0 Å². The van der Waals surface area contributed by atoms with Gasteiger partial charge in [0.25, 0.3) is 0 Å². The van der Waals surface area contributed by atoms with Crippen molar-refractivity contribution in [3.8, 4) is 0 Å². The topological polar surface area (TPSA) is 83.8 Å². The zero-order chi connectivity index (χ0) is 37.2. The van der Waals surface area contributed by atoms with Gasteiger partial charge in [0, 0.05) is 24.2 Å². The number of rotatable bonds is 20. The molecule has 5 nitrogen and oxygen atoms in total. The molecule has 0 amide bonds. The summed E-state index contributed by atoms with van der Waals surface area (Å²) in [7, 11) is 0. The Morgan fingerprint density at radius 2 is 1.45 bits per heavy atom. The summed E-state index contributed by atoms with van der Waals surface area (Å²) in [6.07, 6.45) is 28.9. The highest BCUT2D eigenvalue weighted by Crippen LogP contribution is 2.68. The Morgan fingerprint density at radius 1 is 0.824 bits per heavy atom. The van der Waals surface area contributed by atoms with Gasteiger partial charge in [-0.1, -0.05) is 124 Å². The van der Waals surface area contributed by atoms with Crippen molar-refractivity contribution in [2.75, 3.05) is 0 Å². The number of fused-ring (bicyclic) bond motifs is 5. The van der Waals surface area contributed by atoms with Gasteiger partial charge in [0.1, 0.15) is 5.60 Å². The fourth-order valence-corrected chi connectivity index (χ4v) is 11.2. The molecule has 0 bridgehead atoms. The average Bonchev–Trinajstić information content (AvgIpc) is 3.45. The van der Waals surface area contributed by atoms with E-state index in [1.807, 2.05) is 0 Å². The van der Waals surface area contributed by atoms with Crippen molar-refractivity contribution in [1.29, 1.82) is 0 Å². The van der Waals surface area contributed by atoms with Gasteiger partial charge in [0.2, 0.25) is 0 Å². The van der Waals surface area contributed by atoms with Crippen LogP contribution < -0.4 is 0 Å². The highest BCUT2D eigenvalue weighted by Gasteiger charge is 2.71. The van der Waals surface area contributed by atoms with E-state index >= 15 is 0 Å². The highest BCUT2D eigenvalue weighted by molar-refractivity contribution is 5.91. The van der Waals surface area contributed by atoms with Crippen LogP contribution in [-0.4, -0.2) is 39.8 Å². The van der Waals surface area contributed by atoms with Gasteiger partial charge in [-0.25, -0.2) is 0 Å². The van der Waals surface area contributed by atoms with Crippen LogP contribution in [0.15, 0.2) is 24.3 Å². The third-order valence-corrected chi connectivity index (χ3v) is 15.0. The summed E-state index contributed by atoms with van der Waals surface area (Å²) in [6, 6.07) is 0. The Bertz CT molecular complexity index is 1160. The molecule has 4 saturated carbocycles. The van der Waals surface area contributed by atoms with E-state index in [1.165, 1.54) is 51.4 Å². The molecule has 292 valence electrons. The Balaban J connectivity index is 1.32. The number of aliphatic hydroxyl groups is 2. The molecule has 0 aliphatic heterocycles.